The summed E-state index contributed by atoms with van der Waals surface area (Å²) >= 11 is 12.0. The third-order valence-corrected chi connectivity index (χ3v) is 4.34. The lowest BCUT2D eigenvalue weighted by Crippen LogP contribution is -2.50. The summed E-state index contributed by atoms with van der Waals surface area (Å²) in [5, 5.41) is 0.622. The van der Waals surface area contributed by atoms with Gasteiger partial charge >= 0.3 is 0 Å². The molecule has 126 valence electrons. The minimum absolute atomic E-state index is 0.0367. The predicted octanol–water partition coefficient (Wildman–Crippen LogP) is 2.87. The second-order valence-electron chi connectivity index (χ2n) is 5.84. The second kappa shape index (κ2) is 7.88. The van der Waals surface area contributed by atoms with Crippen LogP contribution in [0.1, 0.15) is 13.8 Å². The Morgan fingerprint density at radius 1 is 1.30 bits per heavy atom. The lowest BCUT2D eigenvalue weighted by molar-refractivity contribution is -0.134. The van der Waals surface area contributed by atoms with Gasteiger partial charge in [-0.15, -0.1) is 11.6 Å². The zero-order valence-corrected chi connectivity index (χ0v) is 14.9. The van der Waals surface area contributed by atoms with Gasteiger partial charge in [0.2, 0.25) is 5.91 Å². The van der Waals surface area contributed by atoms with Crippen molar-refractivity contribution in [2.45, 2.75) is 13.8 Å². The maximum atomic E-state index is 12.0. The molecule has 1 aliphatic rings. The van der Waals surface area contributed by atoms with Crippen LogP contribution in [0.15, 0.2) is 23.2 Å². The Morgan fingerprint density at radius 3 is 2.48 bits per heavy atom. The largest absolute Gasteiger partial charge is 0.386 e. The zero-order valence-electron chi connectivity index (χ0n) is 13.4. The standard InChI is InChI=1S/C16H22Cl2N4O/c1-11(2)16(23)22-7-5-21(6-8-22)14-4-3-12(9-13(14)18)20-15(19)10-17/h3-4,9,11H,5-8,10H2,1-2H3,(H2,19,20). The van der Waals surface area contributed by atoms with Crippen LogP contribution in [0.2, 0.25) is 5.02 Å². The Labute approximate surface area is 147 Å². The van der Waals surface area contributed by atoms with Crippen molar-refractivity contribution in [2.24, 2.45) is 16.6 Å². The van der Waals surface area contributed by atoms with Crippen molar-refractivity contribution < 1.29 is 4.79 Å². The van der Waals surface area contributed by atoms with Crippen molar-refractivity contribution in [3.63, 3.8) is 0 Å². The molecule has 0 atom stereocenters. The molecule has 2 rings (SSSR count). The van der Waals surface area contributed by atoms with Gasteiger partial charge in [0.25, 0.3) is 0 Å². The van der Waals surface area contributed by atoms with Gasteiger partial charge in [0.1, 0.15) is 5.84 Å². The van der Waals surface area contributed by atoms with E-state index in [9.17, 15) is 4.79 Å². The van der Waals surface area contributed by atoms with Crippen molar-refractivity contribution in [3.05, 3.63) is 23.2 Å². The summed E-state index contributed by atoms with van der Waals surface area (Å²) in [7, 11) is 0. The Kier molecular flexibility index (Phi) is 6.13. The molecule has 1 aromatic carbocycles. The van der Waals surface area contributed by atoms with Crippen LogP contribution in [0, 0.1) is 5.92 Å². The summed E-state index contributed by atoms with van der Waals surface area (Å²) in [5.41, 5.74) is 7.27. The number of hydrogen-bond donors (Lipinski definition) is 1. The molecule has 1 amide bonds. The molecule has 0 aromatic heterocycles. The molecular formula is C16H22Cl2N4O. The molecule has 2 N–H and O–H groups in total. The molecular weight excluding hydrogens is 335 g/mol. The summed E-state index contributed by atoms with van der Waals surface area (Å²) in [5.74, 6) is 0.786. The van der Waals surface area contributed by atoms with E-state index in [1.165, 1.54) is 0 Å². The van der Waals surface area contributed by atoms with E-state index in [1.807, 2.05) is 30.9 Å². The molecule has 0 unspecified atom stereocenters. The first-order valence-electron chi connectivity index (χ1n) is 7.64. The van der Waals surface area contributed by atoms with E-state index in [0.29, 0.717) is 29.6 Å². The molecule has 1 saturated heterocycles. The Morgan fingerprint density at radius 2 is 1.96 bits per heavy atom. The fourth-order valence-electron chi connectivity index (χ4n) is 2.55. The maximum Gasteiger partial charge on any atom is 0.225 e. The molecule has 1 heterocycles. The first-order valence-corrected chi connectivity index (χ1v) is 8.56. The van der Waals surface area contributed by atoms with E-state index in [0.717, 1.165) is 18.8 Å². The van der Waals surface area contributed by atoms with Gasteiger partial charge < -0.3 is 15.5 Å². The third-order valence-electron chi connectivity index (χ3n) is 3.77. The number of nitrogens with zero attached hydrogens (tertiary/aromatic N) is 3. The summed E-state index contributed by atoms with van der Waals surface area (Å²) in [4.78, 5) is 20.3. The number of piperazine rings is 1. The topological polar surface area (TPSA) is 61.9 Å². The van der Waals surface area contributed by atoms with Crippen molar-refractivity contribution in [1.29, 1.82) is 0 Å². The Bertz CT molecular complexity index is 596. The van der Waals surface area contributed by atoms with E-state index in [-0.39, 0.29) is 17.7 Å². The van der Waals surface area contributed by atoms with Gasteiger partial charge in [-0.2, -0.15) is 0 Å². The molecule has 1 fully saturated rings. The number of amidine groups is 1. The SMILES string of the molecule is CC(C)C(=O)N1CCN(c2ccc(N=C(N)CCl)cc2Cl)CC1. The number of halogens is 2. The van der Waals surface area contributed by atoms with Crippen LogP contribution in [0.3, 0.4) is 0 Å². The van der Waals surface area contributed by atoms with Gasteiger partial charge in [0, 0.05) is 32.1 Å². The number of amides is 1. The molecule has 7 heteroatoms. The summed E-state index contributed by atoms with van der Waals surface area (Å²) in [6.07, 6.45) is 0. The van der Waals surface area contributed by atoms with Crippen LogP contribution in [0.25, 0.3) is 0 Å². The highest BCUT2D eigenvalue weighted by atomic mass is 35.5. The molecule has 0 spiro atoms. The van der Waals surface area contributed by atoms with Crippen LogP contribution in [0.5, 0.6) is 0 Å². The minimum Gasteiger partial charge on any atom is -0.386 e. The van der Waals surface area contributed by atoms with Gasteiger partial charge in [-0.05, 0) is 18.2 Å². The minimum atomic E-state index is 0.0367. The first kappa shape index (κ1) is 17.9. The van der Waals surface area contributed by atoms with Crippen LogP contribution in [0.4, 0.5) is 11.4 Å². The average Bonchev–Trinajstić information content (AvgIpc) is 2.54. The van der Waals surface area contributed by atoms with E-state index >= 15 is 0 Å². The van der Waals surface area contributed by atoms with Crippen molar-refractivity contribution in [2.75, 3.05) is 37.0 Å². The van der Waals surface area contributed by atoms with Gasteiger partial charge in [-0.25, -0.2) is 4.99 Å². The van der Waals surface area contributed by atoms with E-state index < -0.39 is 0 Å². The fourth-order valence-corrected chi connectivity index (χ4v) is 2.90. The number of carbonyl (C=O) groups is 1. The maximum absolute atomic E-state index is 12.0. The van der Waals surface area contributed by atoms with Crippen LogP contribution in [-0.2, 0) is 4.79 Å². The van der Waals surface area contributed by atoms with Gasteiger partial charge in [-0.1, -0.05) is 25.4 Å². The number of nitrogens with two attached hydrogens (primary N) is 1. The monoisotopic (exact) mass is 356 g/mol. The van der Waals surface area contributed by atoms with Crippen molar-refractivity contribution in [1.82, 2.24) is 4.90 Å². The summed E-state index contributed by atoms with van der Waals surface area (Å²) in [6.45, 7) is 6.82. The molecule has 0 bridgehead atoms. The number of carbonyl (C=O) groups excluding carboxylic acids is 1. The van der Waals surface area contributed by atoms with E-state index in [4.69, 9.17) is 28.9 Å². The average molecular weight is 357 g/mol. The second-order valence-corrected chi connectivity index (χ2v) is 6.51. The lowest BCUT2D eigenvalue weighted by atomic mass is 10.1. The Hall–Kier alpha value is -1.46. The van der Waals surface area contributed by atoms with Crippen LogP contribution >= 0.6 is 23.2 Å². The molecule has 0 radical (unpaired) electrons. The predicted molar refractivity (Wildman–Crippen MR) is 97.1 cm³/mol. The molecule has 0 aliphatic carbocycles. The van der Waals surface area contributed by atoms with Crippen molar-refractivity contribution >= 4 is 46.3 Å². The van der Waals surface area contributed by atoms with Gasteiger partial charge in [-0.3, -0.25) is 4.79 Å². The van der Waals surface area contributed by atoms with E-state index in [2.05, 4.69) is 9.89 Å². The normalized spacial score (nSPS) is 16.1. The number of alkyl halides is 1. The summed E-state index contributed by atoms with van der Waals surface area (Å²) in [6, 6.07) is 5.58. The number of aliphatic imine (C=N–C) groups is 1. The van der Waals surface area contributed by atoms with Crippen LogP contribution < -0.4 is 10.6 Å². The van der Waals surface area contributed by atoms with E-state index in [1.54, 1.807) is 6.07 Å². The summed E-state index contributed by atoms with van der Waals surface area (Å²) < 4.78 is 0. The lowest BCUT2D eigenvalue weighted by Gasteiger charge is -2.37. The number of rotatable bonds is 4. The zero-order chi connectivity index (χ0) is 17.0. The molecule has 0 saturated carbocycles. The highest BCUT2D eigenvalue weighted by Gasteiger charge is 2.23. The molecule has 1 aliphatic heterocycles. The van der Waals surface area contributed by atoms with Crippen LogP contribution in [-0.4, -0.2) is 48.7 Å². The van der Waals surface area contributed by atoms with Gasteiger partial charge in [0.05, 0.1) is 22.3 Å². The number of hydrogen-bond acceptors (Lipinski definition) is 3. The highest BCUT2D eigenvalue weighted by Crippen LogP contribution is 2.30. The number of benzene rings is 1. The molecule has 1 aromatic rings. The first-order chi connectivity index (χ1) is 10.9. The molecule has 5 nitrogen and oxygen atoms in total. The third kappa shape index (κ3) is 4.52. The number of anilines is 1. The Balaban J connectivity index is 2.05. The molecule has 23 heavy (non-hydrogen) atoms. The van der Waals surface area contributed by atoms with Crippen molar-refractivity contribution in [3.8, 4) is 0 Å². The smallest absolute Gasteiger partial charge is 0.225 e. The fraction of sp³-hybridized carbons (Fsp3) is 0.500. The van der Waals surface area contributed by atoms with Gasteiger partial charge in [0.15, 0.2) is 0 Å². The highest BCUT2D eigenvalue weighted by molar-refractivity contribution is 6.33. The quantitative estimate of drug-likeness (QED) is 0.512.